The Morgan fingerprint density at radius 2 is 1.79 bits per heavy atom. The second kappa shape index (κ2) is 7.78. The van der Waals surface area contributed by atoms with E-state index in [4.69, 9.17) is 4.74 Å². The molecule has 0 aliphatic carbocycles. The number of fused-ring (bicyclic) bond motifs is 1. The molecule has 148 valence electrons. The monoisotopic (exact) mass is 387 g/mol. The zero-order chi connectivity index (χ0) is 19.7. The zero-order valence-electron chi connectivity index (χ0n) is 14.8. The van der Waals surface area contributed by atoms with Gasteiger partial charge < -0.3 is 30.5 Å². The molecule has 1 fully saturated rings. The van der Waals surface area contributed by atoms with Crippen LogP contribution >= 0.6 is 0 Å². The second-order valence-electron chi connectivity index (χ2n) is 6.60. The molecule has 5 atom stereocenters. The van der Waals surface area contributed by atoms with Crippen LogP contribution in [0.3, 0.4) is 0 Å². The van der Waals surface area contributed by atoms with Gasteiger partial charge in [0.25, 0.3) is 0 Å². The number of imidazole rings is 1. The van der Waals surface area contributed by atoms with Gasteiger partial charge in [0.15, 0.2) is 23.2 Å². The summed E-state index contributed by atoms with van der Waals surface area (Å²) in [5, 5.41) is 42.9. The Labute approximate surface area is 160 Å². The molecule has 1 aromatic carbocycles. The van der Waals surface area contributed by atoms with Crippen LogP contribution in [-0.2, 0) is 11.3 Å². The standard InChI is InChI=1S/C18H21N5O5/c24-7-11-13(25)14(26)15(27)18(28-11)23-9-22-12-16(20-8-21-17(12)23)19-6-10-4-2-1-3-5-10/h1-5,8-9,11,13-15,18,24-27H,6-7H2,(H,19,20,21)/t11?,13-,14?,15?,18-/m1/s1. The largest absolute Gasteiger partial charge is 0.394 e. The van der Waals surface area contributed by atoms with Crippen LogP contribution in [0.2, 0.25) is 0 Å². The summed E-state index contributed by atoms with van der Waals surface area (Å²) >= 11 is 0. The molecule has 3 heterocycles. The van der Waals surface area contributed by atoms with Gasteiger partial charge in [0.05, 0.1) is 12.9 Å². The number of aromatic nitrogens is 4. The second-order valence-corrected chi connectivity index (χ2v) is 6.60. The molecule has 10 nitrogen and oxygen atoms in total. The number of hydrogen-bond donors (Lipinski definition) is 5. The molecule has 0 spiro atoms. The molecule has 0 amide bonds. The highest BCUT2D eigenvalue weighted by Crippen LogP contribution is 2.31. The highest BCUT2D eigenvalue weighted by Gasteiger charge is 2.44. The first-order chi connectivity index (χ1) is 13.6. The maximum atomic E-state index is 10.3. The van der Waals surface area contributed by atoms with Crippen molar-refractivity contribution in [2.24, 2.45) is 0 Å². The fraction of sp³-hybridized carbons (Fsp3) is 0.389. The Kier molecular flexibility index (Phi) is 5.20. The zero-order valence-corrected chi connectivity index (χ0v) is 14.8. The molecular weight excluding hydrogens is 366 g/mol. The van der Waals surface area contributed by atoms with Gasteiger partial charge in [-0.1, -0.05) is 30.3 Å². The summed E-state index contributed by atoms with van der Waals surface area (Å²) in [5.41, 5.74) is 1.92. The van der Waals surface area contributed by atoms with Crippen molar-refractivity contribution in [1.29, 1.82) is 0 Å². The van der Waals surface area contributed by atoms with Gasteiger partial charge >= 0.3 is 0 Å². The maximum Gasteiger partial charge on any atom is 0.167 e. The number of benzene rings is 1. The minimum Gasteiger partial charge on any atom is -0.394 e. The summed E-state index contributed by atoms with van der Waals surface area (Å²) in [4.78, 5) is 12.8. The molecule has 0 radical (unpaired) electrons. The van der Waals surface area contributed by atoms with Crippen molar-refractivity contribution in [3.63, 3.8) is 0 Å². The molecule has 3 aromatic rings. The predicted molar refractivity (Wildman–Crippen MR) is 98.1 cm³/mol. The minimum absolute atomic E-state index is 0.384. The number of nitrogens with zero attached hydrogens (tertiary/aromatic N) is 4. The van der Waals surface area contributed by atoms with E-state index in [0.717, 1.165) is 5.56 Å². The van der Waals surface area contributed by atoms with E-state index in [9.17, 15) is 20.4 Å². The topological polar surface area (TPSA) is 146 Å². The lowest BCUT2D eigenvalue weighted by molar-refractivity contribution is -0.250. The normalized spacial score (nSPS) is 27.8. The van der Waals surface area contributed by atoms with Crippen LogP contribution in [0.4, 0.5) is 5.82 Å². The van der Waals surface area contributed by atoms with Gasteiger partial charge in [-0.15, -0.1) is 0 Å². The van der Waals surface area contributed by atoms with Crippen LogP contribution in [0.5, 0.6) is 0 Å². The van der Waals surface area contributed by atoms with Crippen molar-refractivity contribution in [3.05, 3.63) is 48.5 Å². The van der Waals surface area contributed by atoms with Crippen molar-refractivity contribution in [2.45, 2.75) is 37.2 Å². The van der Waals surface area contributed by atoms with E-state index in [1.165, 1.54) is 17.2 Å². The smallest absolute Gasteiger partial charge is 0.167 e. The summed E-state index contributed by atoms with van der Waals surface area (Å²) < 4.78 is 7.04. The lowest BCUT2D eigenvalue weighted by atomic mass is 9.98. The lowest BCUT2D eigenvalue weighted by Gasteiger charge is -2.40. The third kappa shape index (κ3) is 3.32. The lowest BCUT2D eigenvalue weighted by Crippen LogP contribution is -2.56. The number of aliphatic hydroxyl groups is 4. The molecule has 1 aliphatic heterocycles. The molecule has 5 N–H and O–H groups in total. The molecule has 1 saturated heterocycles. The Morgan fingerprint density at radius 3 is 2.54 bits per heavy atom. The van der Waals surface area contributed by atoms with E-state index in [-0.39, 0.29) is 0 Å². The first kappa shape index (κ1) is 18.7. The molecule has 1 aliphatic rings. The van der Waals surface area contributed by atoms with E-state index in [2.05, 4.69) is 20.3 Å². The SMILES string of the molecule is OCC1O[C@@H](n2cnc3c(NCc4ccccc4)ncnc32)C(O)C(O)[C@@H]1O. The van der Waals surface area contributed by atoms with Crippen LogP contribution in [0.25, 0.3) is 11.2 Å². The van der Waals surface area contributed by atoms with Crippen molar-refractivity contribution >= 4 is 17.0 Å². The molecule has 0 bridgehead atoms. The van der Waals surface area contributed by atoms with Crippen LogP contribution in [-0.4, -0.2) is 71.0 Å². The van der Waals surface area contributed by atoms with Crippen molar-refractivity contribution in [1.82, 2.24) is 19.5 Å². The van der Waals surface area contributed by atoms with Crippen molar-refractivity contribution in [2.75, 3.05) is 11.9 Å². The van der Waals surface area contributed by atoms with E-state index in [1.54, 1.807) is 0 Å². The first-order valence-corrected chi connectivity index (χ1v) is 8.86. The third-order valence-electron chi connectivity index (χ3n) is 4.80. The van der Waals surface area contributed by atoms with Crippen LogP contribution in [0.1, 0.15) is 11.8 Å². The van der Waals surface area contributed by atoms with Gasteiger partial charge in [-0.05, 0) is 5.56 Å². The Bertz CT molecular complexity index is 935. The predicted octanol–water partition coefficient (Wildman–Crippen LogP) is -0.589. The first-order valence-electron chi connectivity index (χ1n) is 8.86. The van der Waals surface area contributed by atoms with Crippen LogP contribution in [0, 0.1) is 0 Å². The van der Waals surface area contributed by atoms with Gasteiger partial charge in [0.2, 0.25) is 0 Å². The Hall–Kier alpha value is -2.63. The molecule has 4 rings (SSSR count). The number of rotatable bonds is 5. The van der Waals surface area contributed by atoms with E-state index >= 15 is 0 Å². The van der Waals surface area contributed by atoms with E-state index < -0.39 is 37.3 Å². The fourth-order valence-corrected chi connectivity index (χ4v) is 3.26. The molecule has 3 unspecified atom stereocenters. The van der Waals surface area contributed by atoms with Gasteiger partial charge in [-0.25, -0.2) is 15.0 Å². The number of nitrogens with one attached hydrogen (secondary N) is 1. The Balaban J connectivity index is 1.62. The fourth-order valence-electron chi connectivity index (χ4n) is 3.26. The minimum atomic E-state index is -1.48. The summed E-state index contributed by atoms with van der Waals surface area (Å²) in [5.74, 6) is 0.511. The molecule has 2 aromatic heterocycles. The van der Waals surface area contributed by atoms with Crippen LogP contribution in [0.15, 0.2) is 43.0 Å². The highest BCUT2D eigenvalue weighted by molar-refractivity contribution is 5.82. The molecular formula is C18H21N5O5. The maximum absolute atomic E-state index is 10.3. The highest BCUT2D eigenvalue weighted by atomic mass is 16.6. The van der Waals surface area contributed by atoms with E-state index in [0.29, 0.717) is 23.5 Å². The summed E-state index contributed by atoms with van der Waals surface area (Å²) in [6.07, 6.45) is -3.64. The number of ether oxygens (including phenoxy) is 1. The van der Waals surface area contributed by atoms with Gasteiger partial charge in [-0.3, -0.25) is 4.57 Å². The third-order valence-corrected chi connectivity index (χ3v) is 4.80. The van der Waals surface area contributed by atoms with Crippen molar-refractivity contribution < 1.29 is 25.2 Å². The Morgan fingerprint density at radius 1 is 1.00 bits per heavy atom. The number of aliphatic hydroxyl groups excluding tert-OH is 4. The number of hydrogen-bond acceptors (Lipinski definition) is 9. The molecule has 28 heavy (non-hydrogen) atoms. The number of anilines is 1. The van der Waals surface area contributed by atoms with Gasteiger partial charge in [0.1, 0.15) is 30.7 Å². The van der Waals surface area contributed by atoms with Gasteiger partial charge in [-0.2, -0.15) is 0 Å². The average Bonchev–Trinajstić information content (AvgIpc) is 3.16. The van der Waals surface area contributed by atoms with Crippen LogP contribution < -0.4 is 5.32 Å². The van der Waals surface area contributed by atoms with Crippen molar-refractivity contribution in [3.8, 4) is 0 Å². The van der Waals surface area contributed by atoms with Gasteiger partial charge in [0, 0.05) is 6.54 Å². The summed E-state index contributed by atoms with van der Waals surface area (Å²) in [6.45, 7) is 0.0345. The molecule has 10 heteroatoms. The average molecular weight is 387 g/mol. The molecule has 0 saturated carbocycles. The quantitative estimate of drug-likeness (QED) is 0.388. The van der Waals surface area contributed by atoms with E-state index in [1.807, 2.05) is 30.3 Å². The summed E-state index contributed by atoms with van der Waals surface area (Å²) in [6, 6.07) is 9.80. The summed E-state index contributed by atoms with van der Waals surface area (Å²) in [7, 11) is 0.